The van der Waals surface area contributed by atoms with E-state index in [4.69, 9.17) is 18.9 Å². The quantitative estimate of drug-likeness (QED) is 0.0197. The van der Waals surface area contributed by atoms with Gasteiger partial charge in [0.1, 0.15) is 30.5 Å². The van der Waals surface area contributed by atoms with Gasteiger partial charge in [0.05, 0.1) is 19.8 Å². The molecule has 67 heavy (non-hydrogen) atoms. The van der Waals surface area contributed by atoms with Crippen LogP contribution in [0.5, 0.6) is 0 Å². The highest BCUT2D eigenvalue weighted by Crippen LogP contribution is 2.26. The molecule has 4 N–H and O–H groups in total. The predicted octanol–water partition coefficient (Wildman–Crippen LogP) is 12.9. The Balaban J connectivity index is 2.28. The molecule has 0 bridgehead atoms. The fourth-order valence-corrected chi connectivity index (χ4v) is 8.85. The average Bonchev–Trinajstić information content (AvgIpc) is 3.30. The number of unbranched alkanes of at least 4 members (excludes halogenated alkanes) is 29. The lowest BCUT2D eigenvalue weighted by Gasteiger charge is -2.41. The zero-order valence-corrected chi connectivity index (χ0v) is 43.3. The van der Waals surface area contributed by atoms with Gasteiger partial charge in [-0.15, -0.1) is 0 Å². The van der Waals surface area contributed by atoms with Gasteiger partial charge in [0, 0.05) is 13.0 Å². The molecule has 13 heteroatoms. The molecule has 12 nitrogen and oxygen atoms in total. The molecule has 1 heterocycles. The van der Waals surface area contributed by atoms with Crippen LogP contribution in [0.4, 0.5) is 0 Å². The number of hydrogen-bond donors (Lipinski definition) is 4. The summed E-state index contributed by atoms with van der Waals surface area (Å²) >= 11 is 0. The molecule has 1 rings (SSSR count). The van der Waals surface area contributed by atoms with Gasteiger partial charge in [-0.2, -0.15) is 8.42 Å². The number of carbonyl (C=O) groups is 1. The van der Waals surface area contributed by atoms with E-state index in [0.717, 1.165) is 64.2 Å². The molecule has 0 aromatic carbocycles. The molecule has 0 spiro atoms. The lowest BCUT2D eigenvalue weighted by Crippen LogP contribution is -2.60. The number of carbonyl (C=O) groups excluding carboxylic acids is 1. The maximum atomic E-state index is 12.9. The van der Waals surface area contributed by atoms with E-state index in [0.29, 0.717) is 13.0 Å². The molecule has 0 aliphatic carbocycles. The minimum atomic E-state index is -5.06. The smallest absolute Gasteiger partial charge is 0.397 e. The Bertz CT molecular complexity index is 1310. The summed E-state index contributed by atoms with van der Waals surface area (Å²) in [5.41, 5.74) is 0. The number of rotatable bonds is 48. The molecule has 6 unspecified atom stereocenters. The van der Waals surface area contributed by atoms with Crippen molar-refractivity contribution >= 4 is 16.4 Å². The minimum Gasteiger partial charge on any atom is -0.457 e. The summed E-state index contributed by atoms with van der Waals surface area (Å²) in [5.74, 6) is -0.406. The maximum Gasteiger partial charge on any atom is 0.397 e. The van der Waals surface area contributed by atoms with Crippen LogP contribution in [-0.4, -0.2) is 97.5 Å². The van der Waals surface area contributed by atoms with Gasteiger partial charge >= 0.3 is 16.4 Å². The largest absolute Gasteiger partial charge is 0.457 e. The van der Waals surface area contributed by atoms with E-state index < -0.39 is 59.8 Å². The second kappa shape index (κ2) is 45.5. The molecule has 0 aromatic rings. The number of esters is 1. The topological polar surface area (TPSA) is 178 Å². The Kier molecular flexibility index (Phi) is 43.0. The van der Waals surface area contributed by atoms with E-state index in [9.17, 15) is 33.1 Å². The van der Waals surface area contributed by atoms with Gasteiger partial charge in [0.15, 0.2) is 6.29 Å². The molecular weight excluding hydrogens is 873 g/mol. The first-order chi connectivity index (χ1) is 32.6. The standard InChI is InChI=1S/C54H100O12S/c1-3-5-7-9-11-13-15-17-19-20-21-22-23-24-25-26-27-28-29-30-32-34-36-38-40-42-44-62-46-48(47-63-54-52(58)53(66-67(59,60)61)51(57)49(45-55)65-54)64-50(56)43-41-39-37-35-33-31-18-16-14-12-10-8-6-4-2/h15-18,20-21,48-49,51-55,57-58H,3-14,19,22-47H2,1-2H3,(H,59,60,61)/b17-15-,18-16-,21-20-. The molecule has 1 aliphatic rings. The molecule has 394 valence electrons. The minimum absolute atomic E-state index is 0.0343. The fraction of sp³-hybridized carbons (Fsp3) is 0.870. The van der Waals surface area contributed by atoms with Crippen LogP contribution in [0.1, 0.15) is 239 Å². The Hall–Kier alpha value is -1.68. The first-order valence-electron chi connectivity index (χ1n) is 27.2. The van der Waals surface area contributed by atoms with Crippen LogP contribution in [0, 0.1) is 0 Å². The third kappa shape index (κ3) is 38.7. The van der Waals surface area contributed by atoms with Crippen molar-refractivity contribution in [3.8, 4) is 0 Å². The average molecular weight is 973 g/mol. The van der Waals surface area contributed by atoms with Gasteiger partial charge in [-0.05, 0) is 70.6 Å². The number of hydrogen-bond acceptors (Lipinski definition) is 11. The molecule has 1 fully saturated rings. The van der Waals surface area contributed by atoms with Gasteiger partial charge in [-0.1, -0.05) is 198 Å². The Morgan fingerprint density at radius 1 is 0.567 bits per heavy atom. The summed E-state index contributed by atoms with van der Waals surface area (Å²) < 4.78 is 59.3. The summed E-state index contributed by atoms with van der Waals surface area (Å²) in [4.78, 5) is 12.9. The highest BCUT2D eigenvalue weighted by molar-refractivity contribution is 7.80. The summed E-state index contributed by atoms with van der Waals surface area (Å²) in [6.07, 6.45) is 46.1. The second-order valence-electron chi connectivity index (χ2n) is 18.8. The first-order valence-corrected chi connectivity index (χ1v) is 28.6. The molecule has 0 radical (unpaired) electrons. The number of aliphatic hydroxyl groups is 3. The van der Waals surface area contributed by atoms with Crippen molar-refractivity contribution in [1.29, 1.82) is 0 Å². The van der Waals surface area contributed by atoms with Crippen LogP contribution in [-0.2, 0) is 38.3 Å². The van der Waals surface area contributed by atoms with Crippen molar-refractivity contribution in [2.24, 2.45) is 0 Å². The highest BCUT2D eigenvalue weighted by atomic mass is 32.3. The van der Waals surface area contributed by atoms with Gasteiger partial charge in [-0.3, -0.25) is 9.35 Å². The monoisotopic (exact) mass is 973 g/mol. The lowest BCUT2D eigenvalue weighted by molar-refractivity contribution is -0.301. The Morgan fingerprint density at radius 2 is 0.985 bits per heavy atom. The fourth-order valence-electron chi connectivity index (χ4n) is 8.35. The summed E-state index contributed by atoms with van der Waals surface area (Å²) in [5, 5.41) is 30.8. The summed E-state index contributed by atoms with van der Waals surface area (Å²) in [6.45, 7) is 3.99. The van der Waals surface area contributed by atoms with E-state index in [2.05, 4.69) is 54.5 Å². The SMILES string of the molecule is CCCCCCC/C=C\C/C=C\CCCCCCCCCCCCCCCCOCC(COC1OC(CO)C(O)C(OS(=O)(=O)O)C1O)OC(=O)CCCCCCC/C=C\CCCCCCC. The van der Waals surface area contributed by atoms with Gasteiger partial charge in [0.25, 0.3) is 0 Å². The molecular formula is C54H100O12S. The van der Waals surface area contributed by atoms with E-state index in [1.807, 2.05) is 0 Å². The Morgan fingerprint density at radius 3 is 1.43 bits per heavy atom. The van der Waals surface area contributed by atoms with Crippen LogP contribution in [0.25, 0.3) is 0 Å². The number of allylic oxidation sites excluding steroid dienone is 6. The summed E-state index contributed by atoms with van der Waals surface area (Å²) in [6, 6.07) is 0. The van der Waals surface area contributed by atoms with Crippen molar-refractivity contribution in [2.45, 2.75) is 275 Å². The number of ether oxygens (including phenoxy) is 4. The van der Waals surface area contributed by atoms with Gasteiger partial charge in [-0.25, -0.2) is 4.18 Å². The van der Waals surface area contributed by atoms with Gasteiger partial charge in [0.2, 0.25) is 0 Å². The van der Waals surface area contributed by atoms with Crippen molar-refractivity contribution < 1.29 is 56.2 Å². The first kappa shape index (κ1) is 63.3. The van der Waals surface area contributed by atoms with Crippen molar-refractivity contribution in [2.75, 3.05) is 26.4 Å². The van der Waals surface area contributed by atoms with E-state index in [-0.39, 0.29) is 19.6 Å². The second-order valence-corrected chi connectivity index (χ2v) is 19.9. The van der Waals surface area contributed by atoms with Crippen LogP contribution in [0.3, 0.4) is 0 Å². The van der Waals surface area contributed by atoms with Crippen molar-refractivity contribution in [1.82, 2.24) is 0 Å². The molecule has 1 saturated heterocycles. The zero-order chi connectivity index (χ0) is 48.9. The lowest BCUT2D eigenvalue weighted by atomic mass is 9.99. The van der Waals surface area contributed by atoms with Gasteiger partial charge < -0.3 is 34.3 Å². The molecule has 0 amide bonds. The van der Waals surface area contributed by atoms with Crippen LogP contribution in [0.15, 0.2) is 36.5 Å². The van der Waals surface area contributed by atoms with Crippen molar-refractivity contribution in [3.05, 3.63) is 36.5 Å². The van der Waals surface area contributed by atoms with E-state index >= 15 is 0 Å². The summed E-state index contributed by atoms with van der Waals surface area (Å²) in [7, 11) is -5.06. The Labute approximate surface area is 409 Å². The maximum absolute atomic E-state index is 12.9. The molecule has 6 atom stereocenters. The molecule has 0 aromatic heterocycles. The van der Waals surface area contributed by atoms with E-state index in [1.165, 1.54) is 148 Å². The molecule has 1 aliphatic heterocycles. The zero-order valence-electron chi connectivity index (χ0n) is 42.5. The predicted molar refractivity (Wildman–Crippen MR) is 271 cm³/mol. The molecule has 0 saturated carbocycles. The van der Waals surface area contributed by atoms with Crippen molar-refractivity contribution in [3.63, 3.8) is 0 Å². The number of aliphatic hydroxyl groups excluding tert-OH is 3. The normalized spacial score (nSPS) is 19.6. The highest BCUT2D eigenvalue weighted by Gasteiger charge is 2.48. The van der Waals surface area contributed by atoms with Crippen LogP contribution < -0.4 is 0 Å². The van der Waals surface area contributed by atoms with Crippen LogP contribution >= 0.6 is 0 Å². The third-order valence-electron chi connectivity index (χ3n) is 12.5. The van der Waals surface area contributed by atoms with Crippen LogP contribution in [0.2, 0.25) is 0 Å². The third-order valence-corrected chi connectivity index (χ3v) is 13.0. The van der Waals surface area contributed by atoms with E-state index in [1.54, 1.807) is 0 Å².